The Bertz CT molecular complexity index is 2680. The normalized spacial score (nSPS) is 19.1. The second-order valence-corrected chi connectivity index (χ2v) is 26.5. The second kappa shape index (κ2) is 48.8. The molecular formula is C63H111N19O23. The number of carbonyl (C=O) groups excluding carboxylic acids is 7. The van der Waals surface area contributed by atoms with E-state index in [1.807, 2.05) is 0 Å². The largest absolute Gasteiger partial charge is 0.480 e. The summed E-state index contributed by atoms with van der Waals surface area (Å²) in [5, 5.41) is 96.3. The third-order valence-corrected chi connectivity index (χ3v) is 18.4. The molecule has 3 heterocycles. The molecular weight excluding hydrogens is 1390 g/mol. The predicted molar refractivity (Wildman–Crippen MR) is 373 cm³/mol. The average molecular weight is 1500 g/mol. The van der Waals surface area contributed by atoms with Crippen LogP contribution >= 0.6 is 0 Å². The van der Waals surface area contributed by atoms with Crippen molar-refractivity contribution in [2.75, 3.05) is 269 Å². The third kappa shape index (κ3) is 38.5. The zero-order valence-corrected chi connectivity index (χ0v) is 60.7. The van der Waals surface area contributed by atoms with Gasteiger partial charge in [0.25, 0.3) is 0 Å². The maximum absolute atomic E-state index is 13.9. The molecule has 105 heavy (non-hydrogen) atoms. The maximum atomic E-state index is 13.9. The molecule has 42 nitrogen and oxygen atoms in total. The van der Waals surface area contributed by atoms with Gasteiger partial charge in [-0.2, -0.15) is 0 Å². The van der Waals surface area contributed by atoms with E-state index < -0.39 is 153 Å². The van der Waals surface area contributed by atoms with E-state index in [-0.39, 0.29) is 216 Å². The molecule has 0 radical (unpaired) electrons. The number of nitrogens with one attached hydrogen (secondary N) is 7. The van der Waals surface area contributed by atoms with Gasteiger partial charge in [0.2, 0.25) is 35.4 Å². The minimum absolute atomic E-state index is 0.00640. The van der Waals surface area contributed by atoms with Crippen LogP contribution in [0.1, 0.15) is 20.8 Å². The van der Waals surface area contributed by atoms with E-state index in [1.165, 1.54) is 0 Å². The van der Waals surface area contributed by atoms with E-state index in [0.29, 0.717) is 6.29 Å². The van der Waals surface area contributed by atoms with Crippen LogP contribution in [0.5, 0.6) is 0 Å². The SMILES string of the molecule is CNCC(CNC(=O)CNC(=O)[C@@H](C)N1CCN(CC=O)CCN(CC(=O)O)CCN(CC(=O)O)CC1)(CNC(=O)CNC(=O)[C@@H](C)N1CCN(CC(=O)O)CCN(CC(=O)O)CCN(CC(=O)O)CC1)CNC(=O)CNC(=O)[C@@H](C)N1CCN(CC(=O)O)CCN(CC(=O)O)CCN(CC(=O)O)CC1. The van der Waals surface area contributed by atoms with Crippen LogP contribution in [0.15, 0.2) is 0 Å². The van der Waals surface area contributed by atoms with E-state index in [2.05, 4.69) is 37.2 Å². The maximum Gasteiger partial charge on any atom is 0.317 e. The summed E-state index contributed by atoms with van der Waals surface area (Å²) < 4.78 is 0. The zero-order valence-electron chi connectivity index (χ0n) is 60.7. The van der Waals surface area contributed by atoms with Gasteiger partial charge in [0.1, 0.15) is 6.29 Å². The van der Waals surface area contributed by atoms with Crippen molar-refractivity contribution in [2.24, 2.45) is 5.41 Å². The van der Waals surface area contributed by atoms with Gasteiger partial charge in [-0.25, -0.2) is 0 Å². The Hall–Kier alpha value is -8.27. The number of rotatable bonds is 38. The van der Waals surface area contributed by atoms with Gasteiger partial charge in [0.15, 0.2) is 0 Å². The zero-order chi connectivity index (χ0) is 78.2. The van der Waals surface area contributed by atoms with Crippen molar-refractivity contribution in [2.45, 2.75) is 38.9 Å². The molecule has 0 bridgehead atoms. The van der Waals surface area contributed by atoms with Gasteiger partial charge in [0, 0.05) is 189 Å². The summed E-state index contributed by atoms with van der Waals surface area (Å²) in [6.45, 7) is 2.44. The van der Waals surface area contributed by atoms with E-state index in [0.717, 1.165) is 0 Å². The Balaban J connectivity index is 1.88. The number of aldehydes is 1. The van der Waals surface area contributed by atoms with Crippen molar-refractivity contribution in [3.8, 4) is 0 Å². The van der Waals surface area contributed by atoms with Gasteiger partial charge >= 0.3 is 47.8 Å². The highest BCUT2D eigenvalue weighted by atomic mass is 16.4. The molecule has 0 aliphatic carbocycles. The Morgan fingerprint density at radius 3 is 0.657 bits per heavy atom. The Morgan fingerprint density at radius 1 is 0.295 bits per heavy atom. The number of nitrogens with zero attached hydrogens (tertiary/aromatic N) is 12. The van der Waals surface area contributed by atoms with E-state index >= 15 is 0 Å². The van der Waals surface area contributed by atoms with Gasteiger partial charge in [-0.05, 0) is 27.8 Å². The summed E-state index contributed by atoms with van der Waals surface area (Å²) in [5.41, 5.74) is -1.33. The van der Waals surface area contributed by atoms with Crippen molar-refractivity contribution >= 4 is 89.5 Å². The summed E-state index contributed by atoms with van der Waals surface area (Å²) in [4.78, 5) is 209. The lowest BCUT2D eigenvalue weighted by atomic mass is 9.87. The lowest BCUT2D eigenvalue weighted by Gasteiger charge is -2.35. The molecule has 0 aromatic heterocycles. The van der Waals surface area contributed by atoms with Crippen LogP contribution in [0.3, 0.4) is 0 Å². The first-order valence-electron chi connectivity index (χ1n) is 34.9. The highest BCUT2D eigenvalue weighted by molar-refractivity contribution is 5.89. The minimum atomic E-state index is -1.33. The van der Waals surface area contributed by atoms with Crippen LogP contribution in [0.4, 0.5) is 0 Å². The standard InChI is InChI=1S/C63H111N19O23/c1-46(80-23-17-71(29-30-83)5-6-72(34-52(87)88)7-12-75(18-24-80)37-55(93)94)60(103)65-31-49(84)68-43-63(42-64-4,44-69-50(85)32-66-61(104)47(2)81-25-19-76(38-56(95)96)13-8-73(35-53(89)90)9-14-77(20-26-81)39-57(97)98)45-70-51(86)33-67-62(105)48(3)82-27-21-78(40-58(99)100)15-10-74(36-54(91)92)11-16-79(22-28-82)41-59(101)102/h30,46-48,64H,5-29,31-45H2,1-4H3,(H,65,103)(H,66,104)(H,67,105)(H,68,84)(H,69,85)(H,70,86)(H,87,88)(H,89,90)(H,91,92)(H,93,94)(H,95,96)(H,97,98)(H,99,100)(H,101,102)/t46-,47-,48-/m1/s1. The van der Waals surface area contributed by atoms with Crippen LogP contribution in [-0.2, 0) is 71.9 Å². The molecule has 15 N–H and O–H groups in total. The van der Waals surface area contributed by atoms with Crippen molar-refractivity contribution in [1.82, 2.24) is 96.0 Å². The molecule has 0 aromatic carbocycles. The van der Waals surface area contributed by atoms with Gasteiger partial charge in [-0.15, -0.1) is 0 Å². The van der Waals surface area contributed by atoms with Crippen molar-refractivity contribution < 1.29 is 113 Å². The molecule has 42 heteroatoms. The fourth-order valence-electron chi connectivity index (χ4n) is 12.1. The van der Waals surface area contributed by atoms with Crippen molar-refractivity contribution in [3.05, 3.63) is 0 Å². The molecule has 0 aromatic rings. The lowest BCUT2D eigenvalue weighted by molar-refractivity contribution is -0.141. The molecule has 3 saturated heterocycles. The van der Waals surface area contributed by atoms with Crippen LogP contribution in [0, 0.1) is 5.41 Å². The first-order valence-corrected chi connectivity index (χ1v) is 34.9. The first-order chi connectivity index (χ1) is 49.7. The topological polar surface area (TPSA) is 541 Å². The highest BCUT2D eigenvalue weighted by Crippen LogP contribution is 2.15. The van der Waals surface area contributed by atoms with Crippen LogP contribution in [0.25, 0.3) is 0 Å². The summed E-state index contributed by atoms with van der Waals surface area (Å²) in [6, 6.07) is -2.88. The van der Waals surface area contributed by atoms with E-state index in [1.54, 1.807) is 86.6 Å². The van der Waals surface area contributed by atoms with Gasteiger partial charge in [0.05, 0.1) is 96.7 Å². The molecule has 0 unspecified atom stereocenters. The van der Waals surface area contributed by atoms with Crippen LogP contribution in [0.2, 0.25) is 0 Å². The predicted octanol–water partition coefficient (Wildman–Crippen LogP) is -10.4. The fourth-order valence-corrected chi connectivity index (χ4v) is 12.1. The molecule has 3 atom stereocenters. The number of carboxylic acids is 8. The van der Waals surface area contributed by atoms with E-state index in [4.69, 9.17) is 0 Å². The first kappa shape index (κ1) is 90.9. The second-order valence-electron chi connectivity index (χ2n) is 26.5. The number of carboxylic acid groups (broad SMARTS) is 8. The summed E-state index contributed by atoms with van der Waals surface area (Å²) >= 11 is 0. The van der Waals surface area contributed by atoms with Crippen molar-refractivity contribution in [3.63, 3.8) is 0 Å². The smallest absolute Gasteiger partial charge is 0.317 e. The Morgan fingerprint density at radius 2 is 0.476 bits per heavy atom. The average Bonchev–Trinajstić information content (AvgIpc) is 0.863. The van der Waals surface area contributed by atoms with Crippen molar-refractivity contribution in [1.29, 1.82) is 0 Å². The number of hydrogen-bond donors (Lipinski definition) is 15. The minimum Gasteiger partial charge on any atom is -0.480 e. The Kier molecular flexibility index (Phi) is 42.2. The molecule has 3 aliphatic rings. The molecule has 3 rings (SSSR count). The summed E-state index contributed by atoms with van der Waals surface area (Å²) in [6.07, 6.45) is 0.700. The Labute approximate surface area is 609 Å². The molecule has 596 valence electrons. The quantitative estimate of drug-likeness (QED) is 0.0255. The monoisotopic (exact) mass is 1500 g/mol. The van der Waals surface area contributed by atoms with Crippen LogP contribution in [-0.4, -0.2) is 476 Å². The van der Waals surface area contributed by atoms with Crippen LogP contribution < -0.4 is 37.2 Å². The summed E-state index contributed by atoms with van der Waals surface area (Å²) in [7, 11) is 1.55. The summed E-state index contributed by atoms with van der Waals surface area (Å²) in [5.74, 6) is -13.1. The number of hydrogen-bond acceptors (Lipinski definition) is 28. The molecule has 0 saturated carbocycles. The number of carbonyl (C=O) groups is 15. The number of aliphatic carboxylic acids is 8. The molecule has 3 fully saturated rings. The highest BCUT2D eigenvalue weighted by Gasteiger charge is 2.35. The fraction of sp³-hybridized carbons (Fsp3) is 0.762. The van der Waals surface area contributed by atoms with Gasteiger partial charge in [-0.1, -0.05) is 0 Å². The van der Waals surface area contributed by atoms with Gasteiger partial charge in [-0.3, -0.25) is 126 Å². The molecule has 0 spiro atoms. The third-order valence-electron chi connectivity index (χ3n) is 18.4. The molecule has 3 aliphatic heterocycles. The lowest BCUT2D eigenvalue weighted by Crippen LogP contribution is -2.58. The van der Waals surface area contributed by atoms with E-state index in [9.17, 15) is 113 Å². The molecule has 6 amide bonds. The van der Waals surface area contributed by atoms with Gasteiger partial charge < -0.3 is 82.9 Å². The number of amides is 6.